The first-order valence-electron chi connectivity index (χ1n) is 24.7. The normalized spacial score (nSPS) is 12.7. The third kappa shape index (κ3) is 6.95. The number of anilines is 6. The van der Waals surface area contributed by atoms with Gasteiger partial charge in [-0.2, -0.15) is 13.2 Å². The predicted octanol–water partition coefficient (Wildman–Crippen LogP) is 15.3. The Balaban J connectivity index is 0.994. The summed E-state index contributed by atoms with van der Waals surface area (Å²) in [6, 6.07) is 82.4. The maximum atomic E-state index is 16.2. The molecule has 10 aromatic carbocycles. The standard InChI is InChI=1S/C65H41BF3N5/c67-65(68,69)62-49(64-70-53(42-20-5-1-6-21-42)41-54(71-64)43-22-7-2-8-23-43)29-19-35-59(62)74-55-32-16-13-28-48(55)50-38-44(36-37-56(50)74)45-39-60-63-61(40-45)73(47-26-11-4-12-27-47)58-34-18-15-31-52(58)66(63)51-30-14-17-33-57(51)72(60)46-24-9-3-10-25-46/h1-41H. The molecule has 2 aliphatic rings. The van der Waals surface area contributed by atoms with E-state index in [1.54, 1.807) is 16.7 Å². The molecule has 0 spiro atoms. The Morgan fingerprint density at radius 1 is 0.365 bits per heavy atom. The molecule has 74 heavy (non-hydrogen) atoms. The number of rotatable bonds is 7. The third-order valence-electron chi connectivity index (χ3n) is 14.6. The minimum absolute atomic E-state index is 0.0116. The van der Waals surface area contributed by atoms with E-state index < -0.39 is 11.7 Å². The molecule has 4 heterocycles. The van der Waals surface area contributed by atoms with Crippen molar-refractivity contribution >= 4 is 79.0 Å². The van der Waals surface area contributed by atoms with Gasteiger partial charge in [-0.05, 0) is 106 Å². The van der Waals surface area contributed by atoms with E-state index >= 15 is 13.2 Å². The van der Waals surface area contributed by atoms with Gasteiger partial charge < -0.3 is 14.4 Å². The quantitative estimate of drug-likeness (QED) is 0.149. The van der Waals surface area contributed by atoms with E-state index in [9.17, 15) is 0 Å². The van der Waals surface area contributed by atoms with E-state index in [2.05, 4.69) is 125 Å². The molecule has 2 aliphatic heterocycles. The van der Waals surface area contributed by atoms with Crippen LogP contribution < -0.4 is 26.2 Å². The molecule has 0 fully saturated rings. The lowest BCUT2D eigenvalue weighted by atomic mass is 9.33. The largest absolute Gasteiger partial charge is 0.419 e. The first-order valence-corrected chi connectivity index (χ1v) is 24.7. The summed E-state index contributed by atoms with van der Waals surface area (Å²) in [6.45, 7) is -0.0448. The number of hydrogen-bond acceptors (Lipinski definition) is 4. The molecular weight excluding hydrogens is 919 g/mol. The number of para-hydroxylation sites is 5. The molecule has 0 amide bonds. The molecule has 2 aromatic heterocycles. The molecule has 12 aromatic rings. The van der Waals surface area contributed by atoms with E-state index in [4.69, 9.17) is 9.97 Å². The fraction of sp³-hybridized carbons (Fsp3) is 0.0154. The predicted molar refractivity (Wildman–Crippen MR) is 297 cm³/mol. The highest BCUT2D eigenvalue weighted by molar-refractivity contribution is 7.00. The Labute approximate surface area is 425 Å². The molecule has 0 unspecified atom stereocenters. The van der Waals surface area contributed by atoms with E-state index in [0.717, 1.165) is 67.2 Å². The first kappa shape index (κ1) is 43.3. The molecule has 0 aliphatic carbocycles. The van der Waals surface area contributed by atoms with Crippen molar-refractivity contribution in [2.45, 2.75) is 6.18 Å². The third-order valence-corrected chi connectivity index (χ3v) is 14.6. The molecule has 0 saturated carbocycles. The van der Waals surface area contributed by atoms with E-state index in [1.165, 1.54) is 22.5 Å². The van der Waals surface area contributed by atoms with Gasteiger partial charge in [0.2, 0.25) is 0 Å². The zero-order valence-electron chi connectivity index (χ0n) is 39.6. The minimum Gasteiger partial charge on any atom is -0.311 e. The van der Waals surface area contributed by atoms with Gasteiger partial charge in [0.1, 0.15) is 0 Å². The smallest absolute Gasteiger partial charge is 0.311 e. The van der Waals surface area contributed by atoms with Crippen molar-refractivity contribution in [3.63, 3.8) is 0 Å². The number of halogens is 3. The summed E-state index contributed by atoms with van der Waals surface area (Å²) in [4.78, 5) is 14.5. The van der Waals surface area contributed by atoms with Crippen molar-refractivity contribution in [2.24, 2.45) is 0 Å². The van der Waals surface area contributed by atoms with Gasteiger partial charge >= 0.3 is 6.18 Å². The van der Waals surface area contributed by atoms with E-state index in [-0.39, 0.29) is 23.8 Å². The average Bonchev–Trinajstić information content (AvgIpc) is 3.79. The molecule has 0 N–H and O–H groups in total. The molecule has 350 valence electrons. The second-order valence-corrected chi connectivity index (χ2v) is 18.8. The Bertz CT molecular complexity index is 3970. The van der Waals surface area contributed by atoms with Crippen molar-refractivity contribution in [3.05, 3.63) is 254 Å². The van der Waals surface area contributed by atoms with Crippen molar-refractivity contribution in [1.82, 2.24) is 14.5 Å². The second-order valence-electron chi connectivity index (χ2n) is 18.8. The van der Waals surface area contributed by atoms with Gasteiger partial charge in [0, 0.05) is 61.6 Å². The lowest BCUT2D eigenvalue weighted by Gasteiger charge is -2.44. The van der Waals surface area contributed by atoms with Crippen LogP contribution in [0.25, 0.3) is 72.5 Å². The van der Waals surface area contributed by atoms with Crippen molar-refractivity contribution in [1.29, 1.82) is 0 Å². The van der Waals surface area contributed by atoms with Crippen LogP contribution in [0, 0.1) is 0 Å². The maximum Gasteiger partial charge on any atom is 0.419 e. The van der Waals surface area contributed by atoms with E-state index in [1.807, 2.05) is 115 Å². The number of aromatic nitrogens is 3. The van der Waals surface area contributed by atoms with Gasteiger partial charge in [0.05, 0.1) is 33.7 Å². The molecule has 5 nitrogen and oxygen atoms in total. The zero-order valence-corrected chi connectivity index (χ0v) is 39.6. The first-order chi connectivity index (χ1) is 36.4. The Kier molecular flexibility index (Phi) is 10.0. The second kappa shape index (κ2) is 17.1. The van der Waals surface area contributed by atoms with Crippen LogP contribution in [0.1, 0.15) is 5.56 Å². The SMILES string of the molecule is FC(F)(F)c1c(-c2nc(-c3ccccc3)cc(-c3ccccc3)n2)cccc1-n1c2ccccc2c2cc(-c3cc4c5c(c3)N(c3ccccc3)c3ccccc3B5c3ccccc3N4c3ccccc3)ccc21. The van der Waals surface area contributed by atoms with Crippen LogP contribution in [0.4, 0.5) is 47.3 Å². The summed E-state index contributed by atoms with van der Waals surface area (Å²) >= 11 is 0. The summed E-state index contributed by atoms with van der Waals surface area (Å²) in [6.07, 6.45) is -4.79. The van der Waals surface area contributed by atoms with Crippen LogP contribution in [0.2, 0.25) is 0 Å². The number of fused-ring (bicyclic) bond motifs is 7. The van der Waals surface area contributed by atoms with Crippen molar-refractivity contribution < 1.29 is 13.2 Å². The van der Waals surface area contributed by atoms with Gasteiger partial charge in [0.15, 0.2) is 5.82 Å². The van der Waals surface area contributed by atoms with E-state index in [0.29, 0.717) is 22.4 Å². The van der Waals surface area contributed by atoms with Crippen LogP contribution in [0.5, 0.6) is 0 Å². The minimum atomic E-state index is -4.79. The summed E-state index contributed by atoms with van der Waals surface area (Å²) in [5.41, 5.74) is 14.9. The molecule has 9 heteroatoms. The molecule has 0 atom stereocenters. The summed E-state index contributed by atoms with van der Waals surface area (Å²) in [5, 5.41) is 1.65. The van der Waals surface area contributed by atoms with Gasteiger partial charge in [-0.1, -0.05) is 170 Å². The summed E-state index contributed by atoms with van der Waals surface area (Å²) < 4.78 is 50.3. The highest BCUT2D eigenvalue weighted by atomic mass is 19.4. The average molecular weight is 960 g/mol. The molecule has 0 radical (unpaired) electrons. The number of alkyl halides is 3. The fourth-order valence-corrected chi connectivity index (χ4v) is 11.5. The number of hydrogen-bond donors (Lipinski definition) is 0. The van der Waals surface area contributed by atoms with Crippen LogP contribution in [0.15, 0.2) is 249 Å². The van der Waals surface area contributed by atoms with Crippen LogP contribution in [-0.2, 0) is 6.18 Å². The van der Waals surface area contributed by atoms with Crippen LogP contribution >= 0.6 is 0 Å². The summed E-state index contributed by atoms with van der Waals surface area (Å²) in [5.74, 6) is -0.0135. The molecular formula is C65H41BF3N5. The highest BCUT2D eigenvalue weighted by Crippen LogP contribution is 2.48. The lowest BCUT2D eigenvalue weighted by molar-refractivity contribution is -0.137. The highest BCUT2D eigenvalue weighted by Gasteiger charge is 2.44. The lowest BCUT2D eigenvalue weighted by Crippen LogP contribution is -2.61. The number of nitrogens with zero attached hydrogens (tertiary/aromatic N) is 5. The van der Waals surface area contributed by atoms with Crippen molar-refractivity contribution in [3.8, 4) is 50.7 Å². The molecule has 0 saturated heterocycles. The van der Waals surface area contributed by atoms with Gasteiger partial charge in [-0.25, -0.2) is 9.97 Å². The summed E-state index contributed by atoms with van der Waals surface area (Å²) in [7, 11) is 0. The molecule has 0 bridgehead atoms. The van der Waals surface area contributed by atoms with Crippen LogP contribution in [0.3, 0.4) is 0 Å². The molecule has 14 rings (SSSR count). The monoisotopic (exact) mass is 959 g/mol. The van der Waals surface area contributed by atoms with Crippen LogP contribution in [-0.4, -0.2) is 21.2 Å². The Hall–Kier alpha value is -9.47. The Morgan fingerprint density at radius 2 is 0.851 bits per heavy atom. The maximum absolute atomic E-state index is 16.2. The zero-order chi connectivity index (χ0) is 49.5. The number of benzene rings is 10. The van der Waals surface area contributed by atoms with Gasteiger partial charge in [-0.15, -0.1) is 0 Å². The Morgan fingerprint density at radius 3 is 1.42 bits per heavy atom. The topological polar surface area (TPSA) is 37.2 Å². The van der Waals surface area contributed by atoms with Gasteiger partial charge in [0.25, 0.3) is 6.71 Å². The fourth-order valence-electron chi connectivity index (χ4n) is 11.5. The van der Waals surface area contributed by atoms with Crippen molar-refractivity contribution in [2.75, 3.05) is 9.80 Å². The van der Waals surface area contributed by atoms with Gasteiger partial charge in [-0.3, -0.25) is 0 Å².